The fourth-order valence-corrected chi connectivity index (χ4v) is 2.39. The summed E-state index contributed by atoms with van der Waals surface area (Å²) in [5.41, 5.74) is 3.68. The first kappa shape index (κ1) is 15.5. The molecular weight excluding hydrogens is 335 g/mol. The zero-order valence-electron chi connectivity index (χ0n) is 12.1. The summed E-state index contributed by atoms with van der Waals surface area (Å²) in [4.78, 5) is 12.3. The summed E-state index contributed by atoms with van der Waals surface area (Å²) < 4.78 is 13.7. The molecule has 0 aromatic heterocycles. The maximum Gasteiger partial charge on any atom is 0.255 e. The first-order chi connectivity index (χ1) is 9.92. The van der Waals surface area contributed by atoms with E-state index in [1.807, 2.05) is 26.1 Å². The van der Waals surface area contributed by atoms with Gasteiger partial charge in [0.2, 0.25) is 0 Å². The van der Waals surface area contributed by atoms with E-state index in [1.165, 1.54) is 6.07 Å². The SMILES string of the molecule is CNc1ccc(C(=O)Nc2cc(Br)c(F)cc2C)c(C)c1. The average molecular weight is 351 g/mol. The number of aryl methyl sites for hydroxylation is 2. The van der Waals surface area contributed by atoms with Gasteiger partial charge in [0.25, 0.3) is 5.91 Å². The lowest BCUT2D eigenvalue weighted by atomic mass is 10.1. The van der Waals surface area contributed by atoms with Crippen molar-refractivity contribution in [1.29, 1.82) is 0 Å². The summed E-state index contributed by atoms with van der Waals surface area (Å²) in [6.07, 6.45) is 0. The summed E-state index contributed by atoms with van der Waals surface area (Å²) >= 11 is 3.13. The first-order valence-electron chi connectivity index (χ1n) is 6.47. The van der Waals surface area contributed by atoms with Gasteiger partial charge in [-0.1, -0.05) is 0 Å². The van der Waals surface area contributed by atoms with Crippen LogP contribution in [0, 0.1) is 19.7 Å². The van der Waals surface area contributed by atoms with Gasteiger partial charge in [-0.2, -0.15) is 0 Å². The van der Waals surface area contributed by atoms with Gasteiger partial charge in [-0.3, -0.25) is 4.79 Å². The highest BCUT2D eigenvalue weighted by molar-refractivity contribution is 9.10. The molecule has 2 N–H and O–H groups in total. The summed E-state index contributed by atoms with van der Waals surface area (Å²) in [6, 6.07) is 8.47. The van der Waals surface area contributed by atoms with Crippen molar-refractivity contribution < 1.29 is 9.18 Å². The van der Waals surface area contributed by atoms with Crippen LogP contribution in [0.15, 0.2) is 34.8 Å². The highest BCUT2D eigenvalue weighted by atomic mass is 79.9. The monoisotopic (exact) mass is 350 g/mol. The molecule has 110 valence electrons. The molecule has 0 aliphatic heterocycles. The number of carbonyl (C=O) groups excluding carboxylic acids is 1. The number of hydrogen-bond donors (Lipinski definition) is 2. The van der Waals surface area contributed by atoms with Crippen LogP contribution >= 0.6 is 15.9 Å². The molecule has 0 saturated heterocycles. The molecule has 2 rings (SSSR count). The molecule has 0 aliphatic carbocycles. The number of carbonyl (C=O) groups is 1. The highest BCUT2D eigenvalue weighted by Gasteiger charge is 2.12. The van der Waals surface area contributed by atoms with Crippen molar-refractivity contribution in [2.24, 2.45) is 0 Å². The Bertz CT molecular complexity index is 701. The molecule has 0 atom stereocenters. The van der Waals surface area contributed by atoms with Crippen molar-refractivity contribution in [3.8, 4) is 0 Å². The quantitative estimate of drug-likeness (QED) is 0.855. The fourth-order valence-electron chi connectivity index (χ4n) is 2.04. The van der Waals surface area contributed by atoms with Crippen molar-refractivity contribution in [2.45, 2.75) is 13.8 Å². The molecule has 0 heterocycles. The Morgan fingerprint density at radius 2 is 1.86 bits per heavy atom. The predicted octanol–water partition coefficient (Wildman–Crippen LogP) is 4.50. The summed E-state index contributed by atoms with van der Waals surface area (Å²) in [5.74, 6) is -0.559. The normalized spacial score (nSPS) is 10.3. The van der Waals surface area contributed by atoms with Crippen LogP contribution in [0.3, 0.4) is 0 Å². The molecule has 0 radical (unpaired) electrons. The van der Waals surface area contributed by atoms with Crippen molar-refractivity contribution in [3.63, 3.8) is 0 Å². The van der Waals surface area contributed by atoms with Gasteiger partial charge in [0, 0.05) is 24.0 Å². The number of amides is 1. The molecule has 0 spiro atoms. The molecule has 5 heteroatoms. The lowest BCUT2D eigenvalue weighted by molar-refractivity contribution is 0.102. The Labute approximate surface area is 131 Å². The van der Waals surface area contributed by atoms with Gasteiger partial charge in [0.1, 0.15) is 5.82 Å². The van der Waals surface area contributed by atoms with E-state index in [0.717, 1.165) is 11.3 Å². The van der Waals surface area contributed by atoms with E-state index >= 15 is 0 Å². The Hall–Kier alpha value is -1.88. The standard InChI is InChI=1S/C16H16BrFN2O/c1-9-6-11(19-3)4-5-12(9)16(21)20-15-8-13(17)14(18)7-10(15)2/h4-8,19H,1-3H3,(H,20,21). The Morgan fingerprint density at radius 1 is 1.14 bits per heavy atom. The Morgan fingerprint density at radius 3 is 2.48 bits per heavy atom. The number of hydrogen-bond acceptors (Lipinski definition) is 2. The van der Waals surface area contributed by atoms with Gasteiger partial charge in [-0.15, -0.1) is 0 Å². The third-order valence-electron chi connectivity index (χ3n) is 3.28. The lowest BCUT2D eigenvalue weighted by Crippen LogP contribution is -2.14. The molecule has 0 unspecified atom stereocenters. The summed E-state index contributed by atoms with van der Waals surface area (Å²) in [7, 11) is 1.83. The van der Waals surface area contributed by atoms with Crippen LogP contribution in [-0.4, -0.2) is 13.0 Å². The van der Waals surface area contributed by atoms with E-state index < -0.39 is 0 Å². The van der Waals surface area contributed by atoms with Gasteiger partial charge in [0.15, 0.2) is 0 Å². The Kier molecular flexibility index (Phi) is 4.63. The Balaban J connectivity index is 2.28. The van der Waals surface area contributed by atoms with Gasteiger partial charge in [-0.05, 0) is 71.2 Å². The molecule has 0 aliphatic rings. The van der Waals surface area contributed by atoms with Crippen LogP contribution in [0.2, 0.25) is 0 Å². The second-order valence-corrected chi connectivity index (χ2v) is 5.67. The van der Waals surface area contributed by atoms with Gasteiger partial charge in [0.05, 0.1) is 4.47 Å². The van der Waals surface area contributed by atoms with E-state index in [9.17, 15) is 9.18 Å². The molecule has 2 aromatic rings. The smallest absolute Gasteiger partial charge is 0.255 e. The molecule has 0 bridgehead atoms. The van der Waals surface area contributed by atoms with Crippen LogP contribution in [-0.2, 0) is 0 Å². The largest absolute Gasteiger partial charge is 0.388 e. The molecule has 2 aromatic carbocycles. The second-order valence-electron chi connectivity index (χ2n) is 4.82. The van der Waals surface area contributed by atoms with Crippen molar-refractivity contribution in [3.05, 3.63) is 57.3 Å². The third-order valence-corrected chi connectivity index (χ3v) is 3.88. The minimum absolute atomic E-state index is 0.211. The zero-order chi connectivity index (χ0) is 15.6. The van der Waals surface area contributed by atoms with Gasteiger partial charge < -0.3 is 10.6 Å². The molecule has 0 fully saturated rings. The number of rotatable bonds is 3. The predicted molar refractivity (Wildman–Crippen MR) is 87.5 cm³/mol. The van der Waals surface area contributed by atoms with Crippen LogP contribution in [0.5, 0.6) is 0 Å². The molecular formula is C16H16BrFN2O. The first-order valence-corrected chi connectivity index (χ1v) is 7.27. The van der Waals surface area contributed by atoms with E-state index in [2.05, 4.69) is 26.6 Å². The number of nitrogens with one attached hydrogen (secondary N) is 2. The van der Waals surface area contributed by atoms with E-state index in [-0.39, 0.29) is 11.7 Å². The molecule has 0 saturated carbocycles. The van der Waals surface area contributed by atoms with Crippen molar-refractivity contribution in [2.75, 3.05) is 17.7 Å². The van der Waals surface area contributed by atoms with E-state index in [0.29, 0.717) is 21.3 Å². The van der Waals surface area contributed by atoms with Crippen LogP contribution in [0.4, 0.5) is 15.8 Å². The molecule has 21 heavy (non-hydrogen) atoms. The van der Waals surface area contributed by atoms with Crippen LogP contribution in [0.1, 0.15) is 21.5 Å². The van der Waals surface area contributed by atoms with E-state index in [4.69, 9.17) is 0 Å². The van der Waals surface area contributed by atoms with E-state index in [1.54, 1.807) is 19.1 Å². The average Bonchev–Trinajstić information content (AvgIpc) is 2.44. The van der Waals surface area contributed by atoms with Crippen LogP contribution < -0.4 is 10.6 Å². The van der Waals surface area contributed by atoms with Gasteiger partial charge in [-0.25, -0.2) is 4.39 Å². The third kappa shape index (κ3) is 3.42. The second kappa shape index (κ2) is 6.26. The van der Waals surface area contributed by atoms with Crippen LogP contribution in [0.25, 0.3) is 0 Å². The topological polar surface area (TPSA) is 41.1 Å². The maximum atomic E-state index is 13.4. The van der Waals surface area contributed by atoms with Crippen molar-refractivity contribution >= 4 is 33.2 Å². The highest BCUT2D eigenvalue weighted by Crippen LogP contribution is 2.25. The fraction of sp³-hybridized carbons (Fsp3) is 0.188. The minimum Gasteiger partial charge on any atom is -0.388 e. The summed E-state index contributed by atoms with van der Waals surface area (Å²) in [6.45, 7) is 3.63. The number of anilines is 2. The lowest BCUT2D eigenvalue weighted by Gasteiger charge is -2.12. The zero-order valence-corrected chi connectivity index (χ0v) is 13.6. The maximum absolute atomic E-state index is 13.4. The minimum atomic E-state index is -0.347. The summed E-state index contributed by atoms with van der Waals surface area (Å²) in [5, 5.41) is 5.84. The number of halogens is 2. The van der Waals surface area contributed by atoms with Gasteiger partial charge >= 0.3 is 0 Å². The molecule has 3 nitrogen and oxygen atoms in total. The molecule has 1 amide bonds. The van der Waals surface area contributed by atoms with Crippen molar-refractivity contribution in [1.82, 2.24) is 0 Å². The number of benzene rings is 2.